The summed E-state index contributed by atoms with van der Waals surface area (Å²) in [6, 6.07) is 3.64. The average Bonchev–Trinajstić information content (AvgIpc) is 2.85. The van der Waals surface area contributed by atoms with Crippen molar-refractivity contribution in [1.29, 1.82) is 0 Å². The molecule has 0 aromatic heterocycles. The van der Waals surface area contributed by atoms with Gasteiger partial charge in [-0.1, -0.05) is 6.92 Å². The van der Waals surface area contributed by atoms with Crippen LogP contribution in [0.2, 0.25) is 0 Å². The van der Waals surface area contributed by atoms with E-state index in [1.54, 1.807) is 0 Å². The molecular weight excluding hydrogens is 282 g/mol. The number of benzene rings is 1. The predicted molar refractivity (Wildman–Crippen MR) is 72.0 cm³/mol. The number of rotatable bonds is 3. The van der Waals surface area contributed by atoms with Gasteiger partial charge < -0.3 is 9.84 Å². The van der Waals surface area contributed by atoms with E-state index in [1.165, 1.54) is 23.5 Å². The fourth-order valence-electron chi connectivity index (χ4n) is 2.21. The molecule has 1 aromatic rings. The molecule has 6 nitrogen and oxygen atoms in total. The molecule has 1 unspecified atom stereocenters. The van der Waals surface area contributed by atoms with E-state index in [9.17, 15) is 18.3 Å². The highest BCUT2D eigenvalue weighted by Gasteiger charge is 2.31. The fraction of sp³-hybridized carbons (Fsp3) is 0.462. The molecule has 110 valence electrons. The lowest BCUT2D eigenvalue weighted by Gasteiger charge is -2.16. The Morgan fingerprint density at radius 2 is 2.15 bits per heavy atom. The average molecular weight is 299 g/mol. The van der Waals surface area contributed by atoms with Crippen LogP contribution in [0.5, 0.6) is 5.75 Å². The zero-order chi connectivity index (χ0) is 14.9. The normalized spacial score (nSPS) is 20.0. The summed E-state index contributed by atoms with van der Waals surface area (Å²) < 4.78 is 30.8. The first-order valence-corrected chi connectivity index (χ1v) is 7.71. The van der Waals surface area contributed by atoms with E-state index in [0.717, 1.165) is 12.5 Å². The molecular formula is C13H17NO5S. The minimum atomic E-state index is -3.64. The number of aromatic hydroxyl groups is 1. The molecule has 0 amide bonds. The van der Waals surface area contributed by atoms with Gasteiger partial charge in [0, 0.05) is 13.1 Å². The van der Waals surface area contributed by atoms with E-state index in [1.807, 2.05) is 6.92 Å². The van der Waals surface area contributed by atoms with Crippen LogP contribution in [-0.4, -0.2) is 44.0 Å². The first-order chi connectivity index (χ1) is 9.36. The van der Waals surface area contributed by atoms with Crippen LogP contribution in [0, 0.1) is 5.92 Å². The number of methoxy groups -OCH3 is 1. The van der Waals surface area contributed by atoms with E-state index >= 15 is 0 Å². The molecule has 1 aliphatic heterocycles. The fourth-order valence-corrected chi connectivity index (χ4v) is 3.81. The number of hydrogen-bond acceptors (Lipinski definition) is 5. The molecule has 1 saturated heterocycles. The lowest BCUT2D eigenvalue weighted by Crippen LogP contribution is -2.28. The molecule has 0 aliphatic carbocycles. The largest absolute Gasteiger partial charge is 0.507 e. The molecule has 1 aliphatic rings. The van der Waals surface area contributed by atoms with Gasteiger partial charge in [-0.05, 0) is 30.5 Å². The van der Waals surface area contributed by atoms with Crippen LogP contribution < -0.4 is 0 Å². The number of phenols is 1. The van der Waals surface area contributed by atoms with Crippen molar-refractivity contribution >= 4 is 16.0 Å². The second-order valence-corrected chi connectivity index (χ2v) is 6.87. The van der Waals surface area contributed by atoms with Crippen LogP contribution in [0.4, 0.5) is 0 Å². The number of carbonyl (C=O) groups excluding carboxylic acids is 1. The van der Waals surface area contributed by atoms with Crippen LogP contribution in [0.15, 0.2) is 23.1 Å². The molecule has 7 heteroatoms. The van der Waals surface area contributed by atoms with Gasteiger partial charge in [-0.3, -0.25) is 0 Å². The van der Waals surface area contributed by atoms with Crippen LogP contribution in [0.1, 0.15) is 23.7 Å². The molecule has 1 heterocycles. The Morgan fingerprint density at radius 1 is 1.45 bits per heavy atom. The SMILES string of the molecule is COC(=O)c1cc(S(=O)(=O)N2CCC(C)C2)ccc1O. The molecule has 0 bridgehead atoms. The summed E-state index contributed by atoms with van der Waals surface area (Å²) in [5.74, 6) is -0.748. The van der Waals surface area contributed by atoms with Gasteiger partial charge in [-0.15, -0.1) is 0 Å². The summed E-state index contributed by atoms with van der Waals surface area (Å²) >= 11 is 0. The zero-order valence-corrected chi connectivity index (χ0v) is 12.2. The number of sulfonamides is 1. The second kappa shape index (κ2) is 5.41. The molecule has 0 spiro atoms. The van der Waals surface area contributed by atoms with Crippen molar-refractivity contribution in [2.24, 2.45) is 5.92 Å². The summed E-state index contributed by atoms with van der Waals surface area (Å²) in [6.45, 7) is 2.93. The van der Waals surface area contributed by atoms with Crippen LogP contribution >= 0.6 is 0 Å². The third-order valence-electron chi connectivity index (χ3n) is 3.40. The Bertz CT molecular complexity index is 626. The highest BCUT2D eigenvalue weighted by atomic mass is 32.2. The molecule has 20 heavy (non-hydrogen) atoms. The van der Waals surface area contributed by atoms with Gasteiger partial charge in [0.2, 0.25) is 10.0 Å². The summed E-state index contributed by atoms with van der Waals surface area (Å²) in [6.07, 6.45) is 0.821. The summed E-state index contributed by atoms with van der Waals surface area (Å²) in [4.78, 5) is 11.5. The van der Waals surface area contributed by atoms with Gasteiger partial charge in [0.05, 0.1) is 12.0 Å². The Hall–Kier alpha value is -1.60. The number of hydrogen-bond donors (Lipinski definition) is 1. The molecule has 1 aromatic carbocycles. The van der Waals surface area contributed by atoms with E-state index in [0.29, 0.717) is 19.0 Å². The maximum Gasteiger partial charge on any atom is 0.341 e. The number of phenolic OH excluding ortho intramolecular Hbond substituents is 1. The minimum absolute atomic E-state index is 0.00944. The van der Waals surface area contributed by atoms with E-state index < -0.39 is 16.0 Å². The van der Waals surface area contributed by atoms with Crippen LogP contribution in [0.25, 0.3) is 0 Å². The zero-order valence-electron chi connectivity index (χ0n) is 11.4. The lowest BCUT2D eigenvalue weighted by molar-refractivity contribution is 0.0597. The first-order valence-electron chi connectivity index (χ1n) is 6.27. The standard InChI is InChI=1S/C13H17NO5S/c1-9-5-6-14(8-9)20(17,18)10-3-4-12(15)11(7-10)13(16)19-2/h3-4,7,9,15H,5-6,8H2,1-2H3. The Labute approximate surface area is 118 Å². The van der Waals surface area contributed by atoms with Crippen molar-refractivity contribution in [2.75, 3.05) is 20.2 Å². The summed E-state index contributed by atoms with van der Waals surface area (Å²) in [7, 11) is -2.47. The topological polar surface area (TPSA) is 83.9 Å². The number of nitrogens with zero attached hydrogens (tertiary/aromatic N) is 1. The van der Waals surface area contributed by atoms with Crippen molar-refractivity contribution in [3.05, 3.63) is 23.8 Å². The minimum Gasteiger partial charge on any atom is -0.507 e. The van der Waals surface area contributed by atoms with E-state index in [4.69, 9.17) is 0 Å². The van der Waals surface area contributed by atoms with Crippen LogP contribution in [-0.2, 0) is 14.8 Å². The van der Waals surface area contributed by atoms with Gasteiger partial charge in [-0.2, -0.15) is 4.31 Å². The van der Waals surface area contributed by atoms with Gasteiger partial charge in [-0.25, -0.2) is 13.2 Å². The molecule has 2 rings (SSSR count). The van der Waals surface area contributed by atoms with Crippen molar-refractivity contribution in [1.82, 2.24) is 4.31 Å². The number of carbonyl (C=O) groups is 1. The maximum atomic E-state index is 12.4. The van der Waals surface area contributed by atoms with Gasteiger partial charge in [0.25, 0.3) is 0 Å². The van der Waals surface area contributed by atoms with Crippen molar-refractivity contribution < 1.29 is 23.1 Å². The monoisotopic (exact) mass is 299 g/mol. The molecule has 1 N–H and O–H groups in total. The van der Waals surface area contributed by atoms with Crippen molar-refractivity contribution in [2.45, 2.75) is 18.2 Å². The summed E-state index contributed by atoms with van der Waals surface area (Å²) in [5, 5.41) is 9.60. The van der Waals surface area contributed by atoms with Crippen LogP contribution in [0.3, 0.4) is 0 Å². The lowest BCUT2D eigenvalue weighted by atomic mass is 10.2. The molecule has 1 atom stereocenters. The third-order valence-corrected chi connectivity index (χ3v) is 5.26. The number of esters is 1. The third kappa shape index (κ3) is 2.64. The predicted octanol–water partition coefficient (Wildman–Crippen LogP) is 1.21. The Kier molecular flexibility index (Phi) is 4.01. The number of ether oxygens (including phenoxy) is 1. The Morgan fingerprint density at radius 3 is 2.70 bits per heavy atom. The highest BCUT2D eigenvalue weighted by Crippen LogP contribution is 2.27. The molecule has 0 radical (unpaired) electrons. The van der Waals surface area contributed by atoms with Crippen molar-refractivity contribution in [3.63, 3.8) is 0 Å². The molecule has 0 saturated carbocycles. The van der Waals surface area contributed by atoms with Gasteiger partial charge >= 0.3 is 5.97 Å². The highest BCUT2D eigenvalue weighted by molar-refractivity contribution is 7.89. The van der Waals surface area contributed by atoms with Crippen molar-refractivity contribution in [3.8, 4) is 5.75 Å². The van der Waals surface area contributed by atoms with Gasteiger partial charge in [0.1, 0.15) is 11.3 Å². The maximum absolute atomic E-state index is 12.4. The van der Waals surface area contributed by atoms with E-state index in [2.05, 4.69) is 4.74 Å². The molecule has 1 fully saturated rings. The van der Waals surface area contributed by atoms with Gasteiger partial charge in [0.15, 0.2) is 0 Å². The smallest absolute Gasteiger partial charge is 0.341 e. The Balaban J connectivity index is 2.40. The first kappa shape index (κ1) is 14.8. The van der Waals surface area contributed by atoms with E-state index in [-0.39, 0.29) is 16.2 Å². The summed E-state index contributed by atoms with van der Waals surface area (Å²) in [5.41, 5.74) is -0.152. The second-order valence-electron chi connectivity index (χ2n) is 4.93. The quantitative estimate of drug-likeness (QED) is 0.848.